The fourth-order valence-electron chi connectivity index (χ4n) is 2.05. The minimum atomic E-state index is -0.0777. The van der Waals surface area contributed by atoms with E-state index in [1.807, 2.05) is 19.2 Å². The molecule has 1 aromatic carbocycles. The van der Waals surface area contributed by atoms with Crippen LogP contribution < -0.4 is 15.8 Å². The maximum Gasteiger partial charge on any atom is 0.125 e. The molecule has 1 atom stereocenters. The molecule has 3 N–H and O–H groups in total. The predicted molar refractivity (Wildman–Crippen MR) is 80.0 cm³/mol. The number of hydrogen-bond donors (Lipinski definition) is 2. The Balaban J connectivity index is 3.00. The van der Waals surface area contributed by atoms with Crippen molar-refractivity contribution in [3.8, 4) is 5.75 Å². The van der Waals surface area contributed by atoms with Crippen LogP contribution in [0.5, 0.6) is 5.75 Å². The molecule has 19 heavy (non-hydrogen) atoms. The zero-order valence-corrected chi connectivity index (χ0v) is 12.6. The lowest BCUT2D eigenvalue weighted by molar-refractivity contribution is 0.0637. The second kappa shape index (κ2) is 6.78. The van der Waals surface area contributed by atoms with Gasteiger partial charge >= 0.3 is 0 Å². The molecule has 0 aliphatic carbocycles. The number of rotatable bonds is 6. The van der Waals surface area contributed by atoms with Gasteiger partial charge in [0.15, 0.2) is 0 Å². The van der Waals surface area contributed by atoms with Crippen LogP contribution in [0.1, 0.15) is 26.3 Å². The molecule has 0 aliphatic rings. The van der Waals surface area contributed by atoms with Crippen molar-refractivity contribution < 1.29 is 9.47 Å². The molecule has 0 aromatic heterocycles. The first-order chi connectivity index (χ1) is 8.93. The van der Waals surface area contributed by atoms with Crippen LogP contribution in [0, 0.1) is 0 Å². The van der Waals surface area contributed by atoms with E-state index in [1.165, 1.54) is 5.56 Å². The minimum Gasteiger partial charge on any atom is -0.490 e. The largest absolute Gasteiger partial charge is 0.490 e. The van der Waals surface area contributed by atoms with E-state index in [0.717, 1.165) is 11.4 Å². The molecule has 0 heterocycles. The van der Waals surface area contributed by atoms with Gasteiger partial charge in [0, 0.05) is 32.0 Å². The Labute approximate surface area is 116 Å². The van der Waals surface area contributed by atoms with Gasteiger partial charge in [-0.3, -0.25) is 0 Å². The number of hydrogen-bond acceptors (Lipinski definition) is 4. The number of nitrogens with two attached hydrogens (primary N) is 1. The Bertz CT molecular complexity index is 396. The number of methoxy groups -OCH3 is 1. The summed E-state index contributed by atoms with van der Waals surface area (Å²) in [5, 5.41) is 3.22. The Kier molecular flexibility index (Phi) is 5.63. The van der Waals surface area contributed by atoms with Gasteiger partial charge < -0.3 is 20.5 Å². The molecule has 0 spiro atoms. The molecule has 0 radical (unpaired) electrons. The van der Waals surface area contributed by atoms with E-state index in [2.05, 4.69) is 32.2 Å². The first-order valence-electron chi connectivity index (χ1n) is 6.61. The molecular weight excluding hydrogens is 240 g/mol. The van der Waals surface area contributed by atoms with Gasteiger partial charge in [0.05, 0.1) is 0 Å². The Morgan fingerprint density at radius 3 is 2.47 bits per heavy atom. The summed E-state index contributed by atoms with van der Waals surface area (Å²) >= 11 is 0. The van der Waals surface area contributed by atoms with Crippen molar-refractivity contribution >= 4 is 5.69 Å². The van der Waals surface area contributed by atoms with E-state index >= 15 is 0 Å². The number of anilines is 1. The third-order valence-corrected chi connectivity index (χ3v) is 3.07. The molecular formula is C15H26N2O2. The van der Waals surface area contributed by atoms with Gasteiger partial charge in [-0.2, -0.15) is 0 Å². The van der Waals surface area contributed by atoms with Gasteiger partial charge in [-0.15, -0.1) is 0 Å². The minimum absolute atomic E-state index is 0.000218. The van der Waals surface area contributed by atoms with Gasteiger partial charge in [-0.1, -0.05) is 26.8 Å². The third-order valence-electron chi connectivity index (χ3n) is 3.07. The van der Waals surface area contributed by atoms with Crippen LogP contribution in [0.15, 0.2) is 18.2 Å². The highest BCUT2D eigenvalue weighted by atomic mass is 16.5. The molecule has 0 saturated heterocycles. The topological polar surface area (TPSA) is 56.5 Å². The first kappa shape index (κ1) is 15.8. The summed E-state index contributed by atoms with van der Waals surface area (Å²) in [5.41, 5.74) is 7.87. The first-order valence-corrected chi connectivity index (χ1v) is 6.61. The molecule has 1 unspecified atom stereocenters. The second-order valence-corrected chi connectivity index (χ2v) is 5.58. The van der Waals surface area contributed by atoms with Crippen molar-refractivity contribution in [2.45, 2.75) is 32.3 Å². The van der Waals surface area contributed by atoms with Crippen molar-refractivity contribution in [2.24, 2.45) is 5.73 Å². The maximum atomic E-state index is 5.91. The molecule has 0 bridgehead atoms. The summed E-state index contributed by atoms with van der Waals surface area (Å²) in [7, 11) is 3.57. The Hall–Kier alpha value is -1.26. The number of ether oxygens (including phenoxy) is 2. The monoisotopic (exact) mass is 266 g/mol. The van der Waals surface area contributed by atoms with Crippen molar-refractivity contribution in [3.63, 3.8) is 0 Å². The number of nitrogens with one attached hydrogen (secondary N) is 1. The van der Waals surface area contributed by atoms with E-state index in [1.54, 1.807) is 7.11 Å². The van der Waals surface area contributed by atoms with Crippen LogP contribution >= 0.6 is 0 Å². The molecule has 0 fully saturated rings. The van der Waals surface area contributed by atoms with Crippen LogP contribution in [0.3, 0.4) is 0 Å². The standard InChI is InChI=1S/C15H26N2O2/c1-15(2,3)14-12(17-4)7-6-8-13(14)19-10-11(9-16)18-5/h6-8,11,17H,9-10,16H2,1-5H3. The smallest absolute Gasteiger partial charge is 0.125 e. The Morgan fingerprint density at radius 2 is 2.00 bits per heavy atom. The van der Waals surface area contributed by atoms with Crippen LogP contribution in [0.25, 0.3) is 0 Å². The third kappa shape index (κ3) is 4.11. The predicted octanol–water partition coefficient (Wildman–Crippen LogP) is 2.38. The average Bonchev–Trinajstić information content (AvgIpc) is 2.38. The summed E-state index contributed by atoms with van der Waals surface area (Å²) in [4.78, 5) is 0. The van der Waals surface area contributed by atoms with E-state index in [0.29, 0.717) is 13.2 Å². The van der Waals surface area contributed by atoms with E-state index in [9.17, 15) is 0 Å². The Morgan fingerprint density at radius 1 is 1.32 bits per heavy atom. The lowest BCUT2D eigenvalue weighted by Crippen LogP contribution is -2.29. The molecule has 0 saturated carbocycles. The lowest BCUT2D eigenvalue weighted by atomic mass is 9.85. The summed E-state index contributed by atoms with van der Waals surface area (Å²) in [6.45, 7) is 7.43. The SMILES string of the molecule is CNc1cccc(OCC(CN)OC)c1C(C)(C)C. The molecule has 4 nitrogen and oxygen atoms in total. The molecule has 1 rings (SSSR count). The van der Waals surface area contributed by atoms with Crippen molar-refractivity contribution in [3.05, 3.63) is 23.8 Å². The van der Waals surface area contributed by atoms with Gasteiger partial charge in [-0.05, 0) is 17.5 Å². The van der Waals surface area contributed by atoms with E-state index < -0.39 is 0 Å². The highest BCUT2D eigenvalue weighted by Crippen LogP contribution is 2.37. The van der Waals surface area contributed by atoms with Crippen molar-refractivity contribution in [1.82, 2.24) is 0 Å². The van der Waals surface area contributed by atoms with Crippen molar-refractivity contribution in [2.75, 3.05) is 32.6 Å². The van der Waals surface area contributed by atoms with Gasteiger partial charge in [0.25, 0.3) is 0 Å². The zero-order valence-electron chi connectivity index (χ0n) is 12.6. The van der Waals surface area contributed by atoms with Crippen LogP contribution in [-0.2, 0) is 10.2 Å². The summed E-state index contributed by atoms with van der Waals surface area (Å²) < 4.78 is 11.1. The van der Waals surface area contributed by atoms with Crippen LogP contribution in [-0.4, -0.2) is 33.4 Å². The van der Waals surface area contributed by atoms with Crippen molar-refractivity contribution in [1.29, 1.82) is 0 Å². The highest BCUT2D eigenvalue weighted by Gasteiger charge is 2.23. The maximum absolute atomic E-state index is 5.91. The summed E-state index contributed by atoms with van der Waals surface area (Å²) in [6, 6.07) is 6.04. The van der Waals surface area contributed by atoms with Gasteiger partial charge in [-0.25, -0.2) is 0 Å². The van der Waals surface area contributed by atoms with Gasteiger partial charge in [0.1, 0.15) is 18.5 Å². The summed E-state index contributed by atoms with van der Waals surface area (Å²) in [6.07, 6.45) is -0.0777. The highest BCUT2D eigenvalue weighted by molar-refractivity contribution is 5.60. The molecule has 108 valence electrons. The van der Waals surface area contributed by atoms with Crippen LogP contribution in [0.4, 0.5) is 5.69 Å². The normalized spacial score (nSPS) is 13.2. The van der Waals surface area contributed by atoms with Crippen LogP contribution in [0.2, 0.25) is 0 Å². The lowest BCUT2D eigenvalue weighted by Gasteiger charge is -2.26. The van der Waals surface area contributed by atoms with Gasteiger partial charge in [0.2, 0.25) is 0 Å². The fraction of sp³-hybridized carbons (Fsp3) is 0.600. The molecule has 1 aromatic rings. The fourth-order valence-corrected chi connectivity index (χ4v) is 2.05. The molecule has 0 aliphatic heterocycles. The van der Waals surface area contributed by atoms with E-state index in [4.69, 9.17) is 15.2 Å². The second-order valence-electron chi connectivity index (χ2n) is 5.58. The average molecular weight is 266 g/mol. The molecule has 0 amide bonds. The summed E-state index contributed by atoms with van der Waals surface area (Å²) in [5.74, 6) is 0.884. The number of benzene rings is 1. The zero-order chi connectivity index (χ0) is 14.5. The molecule has 4 heteroatoms. The van der Waals surface area contributed by atoms with E-state index in [-0.39, 0.29) is 11.5 Å². The quantitative estimate of drug-likeness (QED) is 0.830.